The summed E-state index contributed by atoms with van der Waals surface area (Å²) in [7, 11) is 1.82. The minimum atomic E-state index is -0.106. The summed E-state index contributed by atoms with van der Waals surface area (Å²) in [6, 6.07) is 17.6. The molecular weight excluding hydrogens is 352 g/mol. The molecule has 3 aromatic rings. The summed E-state index contributed by atoms with van der Waals surface area (Å²) in [6.07, 6.45) is 4.29. The molecule has 0 radical (unpaired) electrons. The highest BCUT2D eigenvalue weighted by molar-refractivity contribution is 5.97. The Morgan fingerprint density at radius 1 is 1.07 bits per heavy atom. The Balaban J connectivity index is 1.74. The molecule has 144 valence electrons. The fourth-order valence-electron chi connectivity index (χ4n) is 2.93. The van der Waals surface area contributed by atoms with Crippen molar-refractivity contribution in [3.63, 3.8) is 0 Å². The average molecular weight is 376 g/mol. The number of imidazole rings is 1. The van der Waals surface area contributed by atoms with Crippen LogP contribution in [0.2, 0.25) is 0 Å². The van der Waals surface area contributed by atoms with Gasteiger partial charge in [0.2, 0.25) is 5.91 Å². The number of nitrogens with one attached hydrogen (secondary N) is 1. The maximum absolute atomic E-state index is 13.0. The predicted molar refractivity (Wildman–Crippen MR) is 108 cm³/mol. The monoisotopic (exact) mass is 376 g/mol. The van der Waals surface area contributed by atoms with Crippen molar-refractivity contribution in [2.45, 2.75) is 19.9 Å². The molecule has 0 atom stereocenters. The van der Waals surface area contributed by atoms with E-state index in [1.807, 2.05) is 60.3 Å². The van der Waals surface area contributed by atoms with Crippen molar-refractivity contribution in [3.8, 4) is 5.69 Å². The summed E-state index contributed by atoms with van der Waals surface area (Å²) < 4.78 is 1.81. The molecule has 3 rings (SSSR count). The highest BCUT2D eigenvalue weighted by Gasteiger charge is 2.17. The Morgan fingerprint density at radius 3 is 2.54 bits per heavy atom. The van der Waals surface area contributed by atoms with E-state index in [1.165, 1.54) is 12.5 Å². The van der Waals surface area contributed by atoms with Crippen LogP contribution in [0.5, 0.6) is 0 Å². The van der Waals surface area contributed by atoms with E-state index in [1.54, 1.807) is 11.2 Å². The van der Waals surface area contributed by atoms with Crippen LogP contribution in [0.1, 0.15) is 28.5 Å². The lowest BCUT2D eigenvalue weighted by molar-refractivity contribution is -0.119. The van der Waals surface area contributed by atoms with E-state index in [4.69, 9.17) is 0 Å². The van der Waals surface area contributed by atoms with Gasteiger partial charge in [0.1, 0.15) is 0 Å². The van der Waals surface area contributed by atoms with Crippen LogP contribution in [0.15, 0.2) is 67.1 Å². The summed E-state index contributed by atoms with van der Waals surface area (Å²) in [4.78, 5) is 30.1. The molecule has 6 heteroatoms. The largest absolute Gasteiger partial charge is 0.351 e. The Kier molecular flexibility index (Phi) is 6.22. The minimum absolute atomic E-state index is 0.0383. The highest BCUT2D eigenvalue weighted by Crippen LogP contribution is 2.17. The van der Waals surface area contributed by atoms with Crippen LogP contribution in [0.3, 0.4) is 0 Å². The Morgan fingerprint density at radius 2 is 1.79 bits per heavy atom. The van der Waals surface area contributed by atoms with E-state index < -0.39 is 0 Å². The number of aromatic nitrogens is 2. The summed E-state index contributed by atoms with van der Waals surface area (Å²) >= 11 is 0. The van der Waals surface area contributed by atoms with Gasteiger partial charge in [0.25, 0.3) is 5.91 Å². The molecule has 0 saturated carbocycles. The molecule has 28 heavy (non-hydrogen) atoms. The summed E-state index contributed by atoms with van der Waals surface area (Å²) in [6.45, 7) is 2.46. The van der Waals surface area contributed by atoms with E-state index >= 15 is 0 Å². The van der Waals surface area contributed by atoms with Crippen molar-refractivity contribution in [1.29, 1.82) is 0 Å². The summed E-state index contributed by atoms with van der Waals surface area (Å²) in [5.41, 5.74) is 3.31. The molecule has 1 heterocycles. The van der Waals surface area contributed by atoms with E-state index in [-0.39, 0.29) is 11.8 Å². The number of amides is 2. The maximum Gasteiger partial charge on any atom is 0.255 e. The normalized spacial score (nSPS) is 10.5. The molecular formula is C22H24N4O2. The van der Waals surface area contributed by atoms with Gasteiger partial charge >= 0.3 is 0 Å². The second-order valence-corrected chi connectivity index (χ2v) is 6.66. The van der Waals surface area contributed by atoms with E-state index in [9.17, 15) is 9.59 Å². The molecule has 2 amide bonds. The first kappa shape index (κ1) is 19.4. The zero-order chi connectivity index (χ0) is 19.9. The van der Waals surface area contributed by atoms with E-state index in [0.29, 0.717) is 18.7 Å². The third-order valence-electron chi connectivity index (χ3n) is 4.49. The van der Waals surface area contributed by atoms with E-state index in [2.05, 4.69) is 22.4 Å². The number of rotatable bonds is 7. The van der Waals surface area contributed by atoms with Crippen molar-refractivity contribution < 1.29 is 9.59 Å². The maximum atomic E-state index is 13.0. The van der Waals surface area contributed by atoms with Crippen molar-refractivity contribution in [2.75, 3.05) is 13.6 Å². The first-order chi connectivity index (χ1) is 13.5. The molecule has 1 N–H and O–H groups in total. The second kappa shape index (κ2) is 8.99. The third-order valence-corrected chi connectivity index (χ3v) is 4.49. The number of nitrogens with zero attached hydrogens (tertiary/aromatic N) is 3. The topological polar surface area (TPSA) is 67.2 Å². The fourth-order valence-corrected chi connectivity index (χ4v) is 2.93. The van der Waals surface area contributed by atoms with Gasteiger partial charge in [-0.1, -0.05) is 42.5 Å². The molecule has 0 fully saturated rings. The van der Waals surface area contributed by atoms with Crippen LogP contribution >= 0.6 is 0 Å². The molecule has 0 unspecified atom stereocenters. The highest BCUT2D eigenvalue weighted by atomic mass is 16.2. The molecule has 0 aliphatic heterocycles. The smallest absolute Gasteiger partial charge is 0.255 e. The van der Waals surface area contributed by atoms with Crippen molar-refractivity contribution >= 4 is 11.8 Å². The lowest BCUT2D eigenvalue weighted by Crippen LogP contribution is -2.29. The van der Waals surface area contributed by atoms with Gasteiger partial charge in [-0.3, -0.25) is 9.59 Å². The molecule has 0 spiro atoms. The quantitative estimate of drug-likeness (QED) is 0.689. The molecule has 1 aromatic heterocycles. The van der Waals surface area contributed by atoms with Gasteiger partial charge in [-0.15, -0.1) is 0 Å². The predicted octanol–water partition coefficient (Wildman–Crippen LogP) is 2.82. The first-order valence-electron chi connectivity index (χ1n) is 9.20. The van der Waals surface area contributed by atoms with Crippen LogP contribution in [-0.4, -0.2) is 39.9 Å². The van der Waals surface area contributed by atoms with Gasteiger partial charge in [0, 0.05) is 26.7 Å². The lowest BCUT2D eigenvalue weighted by Gasteiger charge is -2.19. The molecule has 0 saturated heterocycles. The van der Waals surface area contributed by atoms with Gasteiger partial charge in [0.15, 0.2) is 0 Å². The van der Waals surface area contributed by atoms with Crippen LogP contribution in [0, 0.1) is 0 Å². The lowest BCUT2D eigenvalue weighted by atomic mass is 10.1. The molecule has 0 aliphatic carbocycles. The number of hydrogen-bond donors (Lipinski definition) is 1. The van der Waals surface area contributed by atoms with Crippen LogP contribution in [0.25, 0.3) is 5.69 Å². The van der Waals surface area contributed by atoms with E-state index in [0.717, 1.165) is 17.8 Å². The molecule has 0 aliphatic rings. The zero-order valence-corrected chi connectivity index (χ0v) is 16.1. The Bertz CT molecular complexity index is 950. The molecule has 0 bridgehead atoms. The third kappa shape index (κ3) is 4.85. The zero-order valence-electron chi connectivity index (χ0n) is 16.1. The van der Waals surface area contributed by atoms with Gasteiger partial charge in [-0.25, -0.2) is 4.98 Å². The van der Waals surface area contributed by atoms with Crippen molar-refractivity contribution in [3.05, 3.63) is 83.9 Å². The van der Waals surface area contributed by atoms with Crippen LogP contribution in [-0.2, 0) is 17.8 Å². The van der Waals surface area contributed by atoms with Crippen molar-refractivity contribution in [2.24, 2.45) is 0 Å². The minimum Gasteiger partial charge on any atom is -0.351 e. The van der Waals surface area contributed by atoms with Gasteiger partial charge < -0.3 is 14.8 Å². The SMILES string of the molecule is CC(=O)NCc1cn(-c2ccccc2C(=O)N(C)CCc2ccccc2)cn1. The standard InChI is InChI=1S/C22H24N4O2/c1-17(27)23-14-19-15-26(16-24-19)21-11-7-6-10-20(21)22(28)25(2)13-12-18-8-4-3-5-9-18/h3-11,15-16H,12-14H2,1-2H3,(H,23,27). The fraction of sp³-hybridized carbons (Fsp3) is 0.227. The molecule has 6 nitrogen and oxygen atoms in total. The number of likely N-dealkylation sites (N-methyl/N-ethyl adjacent to an activating group) is 1. The van der Waals surface area contributed by atoms with Crippen LogP contribution < -0.4 is 5.32 Å². The number of hydrogen-bond acceptors (Lipinski definition) is 3. The summed E-state index contributed by atoms with van der Waals surface area (Å²) in [5.74, 6) is -0.145. The summed E-state index contributed by atoms with van der Waals surface area (Å²) in [5, 5.41) is 2.72. The molecule has 2 aromatic carbocycles. The Hall–Kier alpha value is -3.41. The second-order valence-electron chi connectivity index (χ2n) is 6.66. The number of para-hydroxylation sites is 1. The number of carbonyl (C=O) groups is 2. The first-order valence-corrected chi connectivity index (χ1v) is 9.20. The van der Waals surface area contributed by atoms with Gasteiger partial charge in [-0.05, 0) is 24.1 Å². The Labute approximate surface area is 164 Å². The number of benzene rings is 2. The van der Waals surface area contributed by atoms with Crippen molar-refractivity contribution in [1.82, 2.24) is 19.8 Å². The average Bonchev–Trinajstić information content (AvgIpc) is 3.19. The van der Waals surface area contributed by atoms with Gasteiger partial charge in [0.05, 0.1) is 29.8 Å². The van der Waals surface area contributed by atoms with Crippen LogP contribution in [0.4, 0.5) is 0 Å². The number of carbonyl (C=O) groups excluding carboxylic acids is 2. The van der Waals surface area contributed by atoms with Gasteiger partial charge in [-0.2, -0.15) is 0 Å².